The molecule has 2 rings (SSSR count). The highest BCUT2D eigenvalue weighted by atomic mass is 32.1. The lowest BCUT2D eigenvalue weighted by atomic mass is 9.90. The zero-order chi connectivity index (χ0) is 14.9. The molecule has 1 saturated heterocycles. The third kappa shape index (κ3) is 2.63. The van der Waals surface area contributed by atoms with Crippen LogP contribution in [0.15, 0.2) is 16.8 Å². The number of nitrogens with zero attached hydrogens (tertiary/aromatic N) is 1. The lowest BCUT2D eigenvalue weighted by Crippen LogP contribution is -2.66. The van der Waals surface area contributed by atoms with Gasteiger partial charge in [-0.1, -0.05) is 6.92 Å². The molecule has 20 heavy (non-hydrogen) atoms. The number of imide groups is 1. The first kappa shape index (κ1) is 15.2. The third-order valence-electron chi connectivity index (χ3n) is 3.94. The molecule has 2 heterocycles. The van der Waals surface area contributed by atoms with E-state index in [1.807, 2.05) is 42.5 Å². The Hall–Kier alpha value is -1.24. The van der Waals surface area contributed by atoms with E-state index in [-0.39, 0.29) is 30.4 Å². The van der Waals surface area contributed by atoms with E-state index < -0.39 is 5.54 Å². The Kier molecular flexibility index (Phi) is 4.27. The van der Waals surface area contributed by atoms with Crippen molar-refractivity contribution in [3.8, 4) is 0 Å². The van der Waals surface area contributed by atoms with E-state index in [2.05, 4.69) is 5.32 Å². The maximum absolute atomic E-state index is 12.1. The molecule has 0 aromatic carbocycles. The summed E-state index contributed by atoms with van der Waals surface area (Å²) in [5.41, 5.74) is 6.58. The Morgan fingerprint density at radius 2 is 2.20 bits per heavy atom. The lowest BCUT2D eigenvalue weighted by molar-refractivity contribution is -0.148. The highest BCUT2D eigenvalue weighted by molar-refractivity contribution is 7.08. The zero-order valence-electron chi connectivity index (χ0n) is 12.1. The van der Waals surface area contributed by atoms with Gasteiger partial charge < -0.3 is 5.73 Å². The summed E-state index contributed by atoms with van der Waals surface area (Å²) in [6.45, 7) is 5.86. The van der Waals surface area contributed by atoms with Crippen molar-refractivity contribution in [3.05, 3.63) is 22.4 Å². The molecule has 5 nitrogen and oxygen atoms in total. The summed E-state index contributed by atoms with van der Waals surface area (Å²) >= 11 is 1.59. The lowest BCUT2D eigenvalue weighted by Gasteiger charge is -2.46. The molecule has 6 heteroatoms. The highest BCUT2D eigenvalue weighted by Gasteiger charge is 2.45. The molecule has 2 unspecified atom stereocenters. The van der Waals surface area contributed by atoms with Crippen LogP contribution < -0.4 is 11.1 Å². The predicted molar refractivity (Wildman–Crippen MR) is 79.3 cm³/mol. The van der Waals surface area contributed by atoms with E-state index in [0.29, 0.717) is 0 Å². The van der Waals surface area contributed by atoms with Gasteiger partial charge in [0.05, 0.1) is 18.1 Å². The first-order valence-corrected chi connectivity index (χ1v) is 7.71. The molecule has 0 aliphatic carbocycles. The summed E-state index contributed by atoms with van der Waals surface area (Å²) in [4.78, 5) is 25.8. The fraction of sp³-hybridized carbons (Fsp3) is 0.571. The number of carbonyl (C=O) groups is 2. The maximum Gasteiger partial charge on any atom is 0.246 e. The second-order valence-electron chi connectivity index (χ2n) is 5.64. The fourth-order valence-electron chi connectivity index (χ4n) is 2.57. The van der Waals surface area contributed by atoms with Crippen LogP contribution in [0.4, 0.5) is 0 Å². The summed E-state index contributed by atoms with van der Waals surface area (Å²) < 4.78 is 0. The molecule has 1 aliphatic heterocycles. The van der Waals surface area contributed by atoms with Gasteiger partial charge in [0.2, 0.25) is 11.8 Å². The normalized spacial score (nSPS) is 22.4. The number of hydrogen-bond acceptors (Lipinski definition) is 5. The van der Waals surface area contributed by atoms with Gasteiger partial charge in [-0.25, -0.2) is 0 Å². The largest absolute Gasteiger partial charge is 0.326 e. The second-order valence-corrected chi connectivity index (χ2v) is 6.42. The van der Waals surface area contributed by atoms with Crippen LogP contribution in [0.3, 0.4) is 0 Å². The van der Waals surface area contributed by atoms with Gasteiger partial charge in [-0.05, 0) is 42.7 Å². The minimum absolute atomic E-state index is 0.123. The van der Waals surface area contributed by atoms with Gasteiger partial charge in [0.1, 0.15) is 0 Å². The highest BCUT2D eigenvalue weighted by Crippen LogP contribution is 2.34. The first-order valence-electron chi connectivity index (χ1n) is 6.76. The average molecular weight is 295 g/mol. The van der Waals surface area contributed by atoms with Crippen molar-refractivity contribution in [1.82, 2.24) is 10.2 Å². The number of carbonyl (C=O) groups excluding carboxylic acids is 2. The molecule has 110 valence electrons. The molecule has 0 saturated carbocycles. The van der Waals surface area contributed by atoms with E-state index >= 15 is 0 Å². The molecule has 0 spiro atoms. The minimum atomic E-state index is -0.757. The van der Waals surface area contributed by atoms with Crippen LogP contribution in [0, 0.1) is 0 Å². The van der Waals surface area contributed by atoms with Crippen molar-refractivity contribution in [3.63, 3.8) is 0 Å². The molecule has 0 radical (unpaired) electrons. The minimum Gasteiger partial charge on any atom is -0.326 e. The van der Waals surface area contributed by atoms with Gasteiger partial charge in [0, 0.05) is 6.04 Å². The van der Waals surface area contributed by atoms with Crippen molar-refractivity contribution >= 4 is 23.2 Å². The van der Waals surface area contributed by atoms with E-state index in [4.69, 9.17) is 5.73 Å². The van der Waals surface area contributed by atoms with Gasteiger partial charge in [-0.15, -0.1) is 0 Å². The fourth-order valence-corrected chi connectivity index (χ4v) is 3.26. The number of hydrogen-bond donors (Lipinski definition) is 2. The van der Waals surface area contributed by atoms with Crippen LogP contribution in [-0.2, 0) is 9.59 Å². The van der Waals surface area contributed by atoms with Crippen LogP contribution in [0.2, 0.25) is 0 Å². The number of nitrogens with one attached hydrogen (secondary N) is 1. The predicted octanol–water partition coefficient (Wildman–Crippen LogP) is 1.26. The van der Waals surface area contributed by atoms with Crippen molar-refractivity contribution < 1.29 is 9.59 Å². The van der Waals surface area contributed by atoms with Crippen LogP contribution >= 0.6 is 11.3 Å². The quantitative estimate of drug-likeness (QED) is 0.820. The first-order chi connectivity index (χ1) is 9.37. The number of thiophene rings is 1. The number of nitrogens with two attached hydrogens (primary N) is 1. The summed E-state index contributed by atoms with van der Waals surface area (Å²) in [6, 6.07) is 1.76. The number of rotatable bonds is 4. The second kappa shape index (κ2) is 5.63. The molecule has 1 aliphatic rings. The van der Waals surface area contributed by atoms with Crippen LogP contribution in [0.5, 0.6) is 0 Å². The SMILES string of the molecule is CCC(N)C(c1ccsc1)N1CC(=O)NC(=O)C1(C)C. The van der Waals surface area contributed by atoms with Crippen molar-refractivity contribution in [1.29, 1.82) is 0 Å². The Labute approximate surface area is 123 Å². The van der Waals surface area contributed by atoms with Crippen molar-refractivity contribution in [2.75, 3.05) is 6.54 Å². The molecule has 1 fully saturated rings. The van der Waals surface area contributed by atoms with Crippen LogP contribution in [-0.4, -0.2) is 34.8 Å². The Morgan fingerprint density at radius 3 is 2.75 bits per heavy atom. The summed E-state index contributed by atoms with van der Waals surface area (Å²) in [5, 5.41) is 6.42. The van der Waals surface area contributed by atoms with Gasteiger partial charge in [-0.2, -0.15) is 11.3 Å². The Morgan fingerprint density at radius 1 is 1.50 bits per heavy atom. The molecule has 2 atom stereocenters. The van der Waals surface area contributed by atoms with E-state index in [1.165, 1.54) is 0 Å². The number of piperazine rings is 1. The third-order valence-corrected chi connectivity index (χ3v) is 4.64. The standard InChI is InChI=1S/C14H21N3O2S/c1-4-10(15)12(9-5-6-20-8-9)17-7-11(18)16-13(19)14(17,2)3/h5-6,8,10,12H,4,7,15H2,1-3H3,(H,16,18,19). The average Bonchev–Trinajstić information content (AvgIpc) is 2.89. The topological polar surface area (TPSA) is 75.4 Å². The van der Waals surface area contributed by atoms with E-state index in [0.717, 1.165) is 12.0 Å². The summed E-state index contributed by atoms with van der Waals surface area (Å²) in [6.07, 6.45) is 0.781. The van der Waals surface area contributed by atoms with Crippen molar-refractivity contribution in [2.45, 2.75) is 44.8 Å². The van der Waals surface area contributed by atoms with Gasteiger partial charge in [-0.3, -0.25) is 19.8 Å². The van der Waals surface area contributed by atoms with Crippen molar-refractivity contribution in [2.24, 2.45) is 5.73 Å². The van der Waals surface area contributed by atoms with Gasteiger partial charge in [0.15, 0.2) is 0 Å². The van der Waals surface area contributed by atoms with Gasteiger partial charge >= 0.3 is 0 Å². The molecular weight excluding hydrogens is 274 g/mol. The van der Waals surface area contributed by atoms with Gasteiger partial charge in [0.25, 0.3) is 0 Å². The van der Waals surface area contributed by atoms with Crippen LogP contribution in [0.25, 0.3) is 0 Å². The summed E-state index contributed by atoms with van der Waals surface area (Å²) in [5.74, 6) is -0.532. The zero-order valence-corrected chi connectivity index (χ0v) is 12.9. The summed E-state index contributed by atoms with van der Waals surface area (Å²) in [7, 11) is 0. The molecule has 0 bridgehead atoms. The molecule has 1 aromatic rings. The molecule has 2 amide bonds. The smallest absolute Gasteiger partial charge is 0.246 e. The molecule has 3 N–H and O–H groups in total. The Balaban J connectivity index is 2.41. The monoisotopic (exact) mass is 295 g/mol. The van der Waals surface area contributed by atoms with E-state index in [1.54, 1.807) is 11.3 Å². The maximum atomic E-state index is 12.1. The molecule has 1 aromatic heterocycles. The van der Waals surface area contributed by atoms with Crippen LogP contribution in [0.1, 0.15) is 38.8 Å². The molecular formula is C14H21N3O2S. The van der Waals surface area contributed by atoms with E-state index in [9.17, 15) is 9.59 Å². The number of amides is 2. The Bertz CT molecular complexity index is 499.